The molecule has 2 aliphatic rings. The van der Waals surface area contributed by atoms with Crippen molar-refractivity contribution < 1.29 is 4.79 Å². The van der Waals surface area contributed by atoms with Crippen LogP contribution in [0.3, 0.4) is 0 Å². The molecule has 2 fully saturated rings. The van der Waals surface area contributed by atoms with E-state index in [0.29, 0.717) is 12.0 Å². The Morgan fingerprint density at radius 1 is 1.33 bits per heavy atom. The van der Waals surface area contributed by atoms with E-state index in [-0.39, 0.29) is 5.91 Å². The van der Waals surface area contributed by atoms with Crippen LogP contribution in [0.5, 0.6) is 0 Å². The fourth-order valence-electron chi connectivity index (χ4n) is 3.14. The van der Waals surface area contributed by atoms with E-state index in [4.69, 9.17) is 0 Å². The Kier molecular flexibility index (Phi) is 4.27. The van der Waals surface area contributed by atoms with E-state index < -0.39 is 5.41 Å². The number of nitrogens with one attached hydrogen (secondary N) is 1. The van der Waals surface area contributed by atoms with E-state index in [2.05, 4.69) is 18.3 Å². The number of carbonyl (C=O) groups is 1. The van der Waals surface area contributed by atoms with E-state index in [0.717, 1.165) is 32.1 Å². The molecule has 1 N–H and O–H groups in total. The van der Waals surface area contributed by atoms with Gasteiger partial charge in [-0.15, -0.1) is 0 Å². The normalized spacial score (nSPS) is 30.0. The molecular formula is C15H24N2O. The van der Waals surface area contributed by atoms with Gasteiger partial charge in [0, 0.05) is 6.04 Å². The van der Waals surface area contributed by atoms with Crippen molar-refractivity contribution in [3.8, 4) is 6.07 Å². The summed E-state index contributed by atoms with van der Waals surface area (Å²) >= 11 is 0. The molecule has 18 heavy (non-hydrogen) atoms. The first-order valence-electron chi connectivity index (χ1n) is 7.44. The Labute approximate surface area is 110 Å². The minimum atomic E-state index is -0.726. The second-order valence-corrected chi connectivity index (χ2v) is 5.97. The van der Waals surface area contributed by atoms with E-state index in [9.17, 15) is 10.1 Å². The summed E-state index contributed by atoms with van der Waals surface area (Å²) in [5.74, 6) is 0.677. The maximum absolute atomic E-state index is 12.4. The molecule has 0 radical (unpaired) electrons. The zero-order chi connectivity index (χ0) is 13.0. The molecule has 3 nitrogen and oxygen atoms in total. The van der Waals surface area contributed by atoms with Crippen molar-refractivity contribution in [2.24, 2.45) is 11.3 Å². The molecule has 0 saturated heterocycles. The highest BCUT2D eigenvalue weighted by Crippen LogP contribution is 2.38. The molecule has 3 heteroatoms. The van der Waals surface area contributed by atoms with Crippen molar-refractivity contribution in [1.82, 2.24) is 5.32 Å². The molecule has 2 saturated carbocycles. The summed E-state index contributed by atoms with van der Waals surface area (Å²) in [6.45, 7) is 2.18. The maximum Gasteiger partial charge on any atom is 0.240 e. The Morgan fingerprint density at radius 3 is 2.56 bits per heavy atom. The third-order valence-electron chi connectivity index (χ3n) is 4.50. The van der Waals surface area contributed by atoms with Gasteiger partial charge in [0.2, 0.25) is 5.91 Å². The smallest absolute Gasteiger partial charge is 0.240 e. The highest BCUT2D eigenvalue weighted by Gasteiger charge is 2.44. The van der Waals surface area contributed by atoms with Gasteiger partial charge in [-0.25, -0.2) is 0 Å². The molecule has 0 heterocycles. The van der Waals surface area contributed by atoms with Crippen LogP contribution in [0.2, 0.25) is 0 Å². The first kappa shape index (κ1) is 13.4. The van der Waals surface area contributed by atoms with Crippen LogP contribution < -0.4 is 5.32 Å². The molecule has 1 amide bonds. The molecule has 0 aromatic carbocycles. The van der Waals surface area contributed by atoms with E-state index in [1.807, 2.05) is 0 Å². The quantitative estimate of drug-likeness (QED) is 0.777. The van der Waals surface area contributed by atoms with Crippen LogP contribution in [0.1, 0.15) is 64.7 Å². The van der Waals surface area contributed by atoms with Crippen molar-refractivity contribution in [2.75, 3.05) is 0 Å². The third-order valence-corrected chi connectivity index (χ3v) is 4.50. The Morgan fingerprint density at radius 2 is 2.00 bits per heavy atom. The molecule has 0 aliphatic heterocycles. The van der Waals surface area contributed by atoms with Gasteiger partial charge in [-0.3, -0.25) is 4.79 Å². The van der Waals surface area contributed by atoms with E-state index in [1.165, 1.54) is 25.7 Å². The lowest BCUT2D eigenvalue weighted by atomic mass is 9.81. The molecular weight excluding hydrogens is 224 g/mol. The minimum Gasteiger partial charge on any atom is -0.352 e. The standard InChI is InChI=1S/C15H24N2O/c1-2-7-12-10-13(12)17-14(18)15(11-16)8-5-3-4-6-9-15/h12-13H,2-10H2,1H3,(H,17,18). The second kappa shape index (κ2) is 5.73. The van der Waals surface area contributed by atoms with Gasteiger partial charge >= 0.3 is 0 Å². The number of carbonyl (C=O) groups excluding carboxylic acids is 1. The van der Waals surface area contributed by atoms with Gasteiger partial charge in [0.1, 0.15) is 5.41 Å². The van der Waals surface area contributed by atoms with Gasteiger partial charge in [0.15, 0.2) is 0 Å². The lowest BCUT2D eigenvalue weighted by Crippen LogP contribution is -2.41. The van der Waals surface area contributed by atoms with Gasteiger partial charge in [-0.2, -0.15) is 5.26 Å². The number of hydrogen-bond donors (Lipinski definition) is 1. The van der Waals surface area contributed by atoms with Crippen LogP contribution in [0.15, 0.2) is 0 Å². The number of nitriles is 1. The molecule has 0 spiro atoms. The molecule has 2 aliphatic carbocycles. The number of amides is 1. The van der Waals surface area contributed by atoms with Crippen LogP contribution in [0, 0.1) is 22.7 Å². The molecule has 2 rings (SSSR count). The summed E-state index contributed by atoms with van der Waals surface area (Å²) in [5, 5.41) is 12.5. The lowest BCUT2D eigenvalue weighted by Gasteiger charge is -2.23. The van der Waals surface area contributed by atoms with E-state index >= 15 is 0 Å². The van der Waals surface area contributed by atoms with Crippen molar-refractivity contribution >= 4 is 5.91 Å². The predicted octanol–water partition coefficient (Wildman–Crippen LogP) is 3.16. The average Bonchev–Trinajstić information content (AvgIpc) is 3.13. The molecule has 100 valence electrons. The van der Waals surface area contributed by atoms with Crippen LogP contribution in [0.4, 0.5) is 0 Å². The highest BCUT2D eigenvalue weighted by atomic mass is 16.2. The van der Waals surface area contributed by atoms with Gasteiger partial charge in [-0.05, 0) is 31.6 Å². The molecule has 2 atom stereocenters. The fraction of sp³-hybridized carbons (Fsp3) is 0.867. The minimum absolute atomic E-state index is 0.00973. The van der Waals surface area contributed by atoms with Gasteiger partial charge in [-0.1, -0.05) is 39.0 Å². The van der Waals surface area contributed by atoms with Crippen LogP contribution >= 0.6 is 0 Å². The summed E-state index contributed by atoms with van der Waals surface area (Å²) in [4.78, 5) is 12.4. The van der Waals surface area contributed by atoms with Crippen molar-refractivity contribution in [1.29, 1.82) is 5.26 Å². The predicted molar refractivity (Wildman–Crippen MR) is 70.7 cm³/mol. The monoisotopic (exact) mass is 248 g/mol. The summed E-state index contributed by atoms with van der Waals surface area (Å²) in [6.07, 6.45) is 9.36. The maximum atomic E-state index is 12.4. The van der Waals surface area contributed by atoms with Gasteiger partial charge < -0.3 is 5.32 Å². The summed E-state index contributed by atoms with van der Waals surface area (Å²) in [5.41, 5.74) is -0.726. The van der Waals surface area contributed by atoms with Gasteiger partial charge in [0.25, 0.3) is 0 Å². The van der Waals surface area contributed by atoms with Crippen LogP contribution in [0.25, 0.3) is 0 Å². The summed E-state index contributed by atoms with van der Waals surface area (Å²) in [6, 6.07) is 2.68. The SMILES string of the molecule is CCCC1CC1NC(=O)C1(C#N)CCCCCC1. The zero-order valence-corrected chi connectivity index (χ0v) is 11.4. The average molecular weight is 248 g/mol. The van der Waals surface area contributed by atoms with Crippen LogP contribution in [-0.4, -0.2) is 11.9 Å². The summed E-state index contributed by atoms with van der Waals surface area (Å²) in [7, 11) is 0. The Balaban J connectivity index is 1.91. The number of hydrogen-bond acceptors (Lipinski definition) is 2. The van der Waals surface area contributed by atoms with Crippen LogP contribution in [-0.2, 0) is 4.79 Å². The van der Waals surface area contributed by atoms with Gasteiger partial charge in [0.05, 0.1) is 6.07 Å². The van der Waals surface area contributed by atoms with Crippen molar-refractivity contribution in [3.05, 3.63) is 0 Å². The Bertz CT molecular complexity index is 337. The number of rotatable bonds is 4. The zero-order valence-electron chi connectivity index (χ0n) is 11.4. The highest BCUT2D eigenvalue weighted by molar-refractivity contribution is 5.86. The molecule has 0 bridgehead atoms. The molecule has 0 aromatic rings. The van der Waals surface area contributed by atoms with E-state index in [1.54, 1.807) is 0 Å². The second-order valence-electron chi connectivity index (χ2n) is 5.97. The van der Waals surface area contributed by atoms with Crippen molar-refractivity contribution in [3.63, 3.8) is 0 Å². The third kappa shape index (κ3) is 2.85. The first-order chi connectivity index (χ1) is 8.72. The molecule has 0 aromatic heterocycles. The lowest BCUT2D eigenvalue weighted by molar-refractivity contribution is -0.129. The topological polar surface area (TPSA) is 52.9 Å². The number of nitrogens with zero attached hydrogens (tertiary/aromatic N) is 1. The Hall–Kier alpha value is -1.04. The molecule has 2 unspecified atom stereocenters. The summed E-state index contributed by atoms with van der Waals surface area (Å²) < 4.78 is 0. The van der Waals surface area contributed by atoms with Crippen molar-refractivity contribution in [2.45, 2.75) is 70.8 Å². The largest absolute Gasteiger partial charge is 0.352 e. The first-order valence-corrected chi connectivity index (χ1v) is 7.44. The fourth-order valence-corrected chi connectivity index (χ4v) is 3.14.